The number of carbonyl (C=O) groups excluding carboxylic acids is 1. The number of nitrogens with zero attached hydrogens (tertiary/aromatic N) is 5. The molecule has 1 aliphatic rings. The fourth-order valence-electron chi connectivity index (χ4n) is 4.86. The van der Waals surface area contributed by atoms with Crippen LogP contribution in [0.15, 0.2) is 30.9 Å². The van der Waals surface area contributed by atoms with Crippen LogP contribution in [0.4, 0.5) is 4.79 Å². The number of imidazole rings is 1. The maximum Gasteiger partial charge on any atom is 0.318 e. The van der Waals surface area contributed by atoms with E-state index >= 15 is 0 Å². The summed E-state index contributed by atoms with van der Waals surface area (Å²) in [6, 6.07) is 1.85. The van der Waals surface area contributed by atoms with E-state index in [-0.39, 0.29) is 23.2 Å². The summed E-state index contributed by atoms with van der Waals surface area (Å²) in [5.74, 6) is 1.12. The second kappa shape index (κ2) is 12.7. The Morgan fingerprint density at radius 3 is 2.73 bits per heavy atom. The second-order valence-electron chi connectivity index (χ2n) is 12.5. The summed E-state index contributed by atoms with van der Waals surface area (Å²) in [6.45, 7) is 16.8. The number of fused-ring (bicyclic) bond motifs is 1. The van der Waals surface area contributed by atoms with Crippen molar-refractivity contribution in [3.8, 4) is 17.0 Å². The van der Waals surface area contributed by atoms with Crippen molar-refractivity contribution in [1.82, 2.24) is 29.6 Å². The Bertz CT molecular complexity index is 1360. The second-order valence-corrected chi connectivity index (χ2v) is 17.7. The van der Waals surface area contributed by atoms with Gasteiger partial charge in [-0.1, -0.05) is 38.8 Å². The average Bonchev–Trinajstić information content (AvgIpc) is 3.45. The molecule has 0 aromatic carbocycles. The van der Waals surface area contributed by atoms with Crippen molar-refractivity contribution in [3.05, 3.63) is 41.7 Å². The van der Waals surface area contributed by atoms with Gasteiger partial charge in [0.1, 0.15) is 5.75 Å². The number of rotatable bonds is 12. The molecule has 3 aromatic rings. The minimum absolute atomic E-state index is 0.0612. The number of nitrogens with one attached hydrogen (secondary N) is 1. The molecule has 2 amide bonds. The fourth-order valence-corrected chi connectivity index (χ4v) is 6.19. The van der Waals surface area contributed by atoms with Gasteiger partial charge in [0, 0.05) is 43.3 Å². The van der Waals surface area contributed by atoms with Crippen molar-refractivity contribution in [2.75, 3.05) is 20.3 Å². The van der Waals surface area contributed by atoms with Crippen LogP contribution in [0.25, 0.3) is 16.9 Å². The third-order valence-electron chi connectivity index (χ3n) is 8.68. The lowest BCUT2D eigenvalue weighted by Gasteiger charge is -2.36. The maximum atomic E-state index is 13.3. The van der Waals surface area contributed by atoms with E-state index in [0.29, 0.717) is 34.7 Å². The Hall–Kier alpha value is -2.69. The van der Waals surface area contributed by atoms with Crippen LogP contribution in [0.2, 0.25) is 23.3 Å². The summed E-state index contributed by atoms with van der Waals surface area (Å²) in [5, 5.41) is 3.80. The van der Waals surface area contributed by atoms with Gasteiger partial charge >= 0.3 is 6.03 Å². The van der Waals surface area contributed by atoms with Gasteiger partial charge < -0.3 is 23.8 Å². The summed E-state index contributed by atoms with van der Waals surface area (Å²) in [6.07, 6.45) is 11.4. The van der Waals surface area contributed by atoms with Crippen LogP contribution in [0.1, 0.15) is 72.0 Å². The normalized spacial score (nSPS) is 17.9. The number of pyridine rings is 1. The molecule has 224 valence electrons. The third kappa shape index (κ3) is 7.21. The van der Waals surface area contributed by atoms with Crippen molar-refractivity contribution in [2.24, 2.45) is 5.92 Å². The van der Waals surface area contributed by atoms with Gasteiger partial charge in [0.25, 0.3) is 0 Å². The Morgan fingerprint density at radius 2 is 2.05 bits per heavy atom. The van der Waals surface area contributed by atoms with Gasteiger partial charge in [0.05, 0.1) is 30.7 Å². The Morgan fingerprint density at radius 1 is 1.29 bits per heavy atom. The fraction of sp³-hybridized carbons (Fsp3) is 0.600. The molecule has 0 aliphatic heterocycles. The van der Waals surface area contributed by atoms with Gasteiger partial charge in [-0.25, -0.2) is 14.8 Å². The van der Waals surface area contributed by atoms with Crippen LogP contribution in [-0.4, -0.2) is 64.9 Å². The molecule has 9 nitrogen and oxygen atoms in total. The van der Waals surface area contributed by atoms with Crippen molar-refractivity contribution in [1.29, 1.82) is 0 Å². The molecular weight excluding hydrogens is 556 g/mol. The minimum Gasteiger partial charge on any atom is -0.494 e. The molecule has 3 atom stereocenters. The predicted molar refractivity (Wildman–Crippen MR) is 166 cm³/mol. The minimum atomic E-state index is -1.68. The predicted octanol–water partition coefficient (Wildman–Crippen LogP) is 7.13. The molecule has 0 bridgehead atoms. The van der Waals surface area contributed by atoms with E-state index in [0.717, 1.165) is 43.5 Å². The topological polar surface area (TPSA) is 93.9 Å². The highest BCUT2D eigenvalue weighted by Crippen LogP contribution is 2.38. The summed E-state index contributed by atoms with van der Waals surface area (Å²) >= 11 is 6.40. The first-order chi connectivity index (χ1) is 19.4. The number of hydrogen-bond acceptors (Lipinski definition) is 6. The Labute approximate surface area is 250 Å². The zero-order valence-electron chi connectivity index (χ0n) is 25.7. The van der Waals surface area contributed by atoms with Crippen LogP contribution in [-0.2, 0) is 4.43 Å². The molecule has 11 heteroatoms. The van der Waals surface area contributed by atoms with Gasteiger partial charge in [-0.15, -0.1) is 0 Å². The number of amides is 2. The van der Waals surface area contributed by atoms with E-state index < -0.39 is 8.32 Å². The lowest BCUT2D eigenvalue weighted by Crippen LogP contribution is -2.42. The average molecular weight is 601 g/mol. The van der Waals surface area contributed by atoms with Crippen LogP contribution >= 0.6 is 11.6 Å². The first-order valence-electron chi connectivity index (χ1n) is 14.6. The van der Waals surface area contributed by atoms with Crippen molar-refractivity contribution < 1.29 is 14.0 Å². The van der Waals surface area contributed by atoms with Crippen LogP contribution in [0.3, 0.4) is 0 Å². The van der Waals surface area contributed by atoms with Crippen LogP contribution in [0, 0.1) is 5.92 Å². The molecule has 3 aromatic heterocycles. The van der Waals surface area contributed by atoms with Crippen LogP contribution in [0.5, 0.6) is 5.75 Å². The van der Waals surface area contributed by atoms with Crippen LogP contribution < -0.4 is 10.1 Å². The standard InChI is InChI=1S/C30H45ClN6O3Si/c1-9-37(29(38)35-24-16-21(24)12-10-11-15-40-41(7,8)30(3,4)5)20(2)23-17-22(26(39-6)18-33-23)25-19-36-14-13-32-28(36)27(31)34-25/h13-14,17-21,24H,9-12,15-16H2,1-8H3,(H,35,38)/t20-,21?,24?/m1/s1. The number of carbonyl (C=O) groups is 1. The lowest BCUT2D eigenvalue weighted by molar-refractivity contribution is 0.180. The quantitative estimate of drug-likeness (QED) is 0.176. The van der Waals surface area contributed by atoms with Gasteiger partial charge in [-0.2, -0.15) is 0 Å². The number of methoxy groups -OCH3 is 1. The smallest absolute Gasteiger partial charge is 0.318 e. The van der Waals surface area contributed by atoms with Gasteiger partial charge in [-0.05, 0) is 63.2 Å². The highest BCUT2D eigenvalue weighted by molar-refractivity contribution is 6.74. The van der Waals surface area contributed by atoms with E-state index in [2.05, 4.69) is 54.1 Å². The van der Waals surface area contributed by atoms with Crippen molar-refractivity contribution >= 4 is 31.6 Å². The molecule has 4 rings (SSSR count). The number of ether oxygens (including phenoxy) is 1. The summed E-state index contributed by atoms with van der Waals surface area (Å²) < 4.78 is 13.7. The molecular formula is C30H45ClN6O3Si. The van der Waals surface area contributed by atoms with Gasteiger partial charge in [-0.3, -0.25) is 4.98 Å². The molecule has 3 heterocycles. The van der Waals surface area contributed by atoms with Crippen molar-refractivity contribution in [2.45, 2.75) is 90.5 Å². The summed E-state index contributed by atoms with van der Waals surface area (Å²) in [4.78, 5) is 28.5. The molecule has 0 saturated heterocycles. The van der Waals surface area contributed by atoms with Crippen molar-refractivity contribution in [3.63, 3.8) is 0 Å². The highest BCUT2D eigenvalue weighted by Gasteiger charge is 2.39. The highest BCUT2D eigenvalue weighted by atomic mass is 35.5. The molecule has 2 unspecified atom stereocenters. The maximum absolute atomic E-state index is 13.3. The van der Waals surface area contributed by atoms with Gasteiger partial charge in [0.15, 0.2) is 19.1 Å². The van der Waals surface area contributed by atoms with E-state index in [1.807, 2.05) is 41.6 Å². The number of hydrogen-bond donors (Lipinski definition) is 1. The van der Waals surface area contributed by atoms with E-state index in [9.17, 15) is 4.79 Å². The number of aromatic nitrogens is 4. The molecule has 0 radical (unpaired) electrons. The Kier molecular flexibility index (Phi) is 9.65. The SMILES string of the molecule is CCN(C(=O)NC1CC1CCCCO[Si](C)(C)C(C)(C)C)[C@H](C)c1cc(-c2cn3ccnc3c(Cl)n2)c(OC)cn1. The molecule has 1 fully saturated rings. The molecule has 41 heavy (non-hydrogen) atoms. The zero-order valence-corrected chi connectivity index (χ0v) is 27.5. The first-order valence-corrected chi connectivity index (χ1v) is 17.9. The van der Waals surface area contributed by atoms with Gasteiger partial charge in [0.2, 0.25) is 0 Å². The number of unbranched alkanes of at least 4 members (excludes halogenated alkanes) is 1. The summed E-state index contributed by atoms with van der Waals surface area (Å²) in [5.41, 5.74) is 2.72. The first kappa shape index (κ1) is 31.2. The van der Waals surface area contributed by atoms with E-state index in [1.54, 1.807) is 19.5 Å². The number of halogens is 1. The Balaban J connectivity index is 1.34. The van der Waals surface area contributed by atoms with E-state index in [4.69, 9.17) is 20.8 Å². The summed E-state index contributed by atoms with van der Waals surface area (Å²) in [7, 11) is -0.0867. The molecule has 1 saturated carbocycles. The molecule has 1 N–H and O–H groups in total. The van der Waals surface area contributed by atoms with E-state index in [1.165, 1.54) is 0 Å². The largest absolute Gasteiger partial charge is 0.494 e. The monoisotopic (exact) mass is 600 g/mol. The molecule has 1 aliphatic carbocycles. The zero-order chi connectivity index (χ0) is 29.9. The lowest BCUT2D eigenvalue weighted by atomic mass is 10.1. The molecule has 0 spiro atoms. The third-order valence-corrected chi connectivity index (χ3v) is 13.5. The number of urea groups is 1.